The molecule has 0 aromatic heterocycles. The van der Waals surface area contributed by atoms with Gasteiger partial charge in [-0.2, -0.15) is 4.31 Å². The molecule has 30 heavy (non-hydrogen) atoms. The van der Waals surface area contributed by atoms with E-state index in [0.29, 0.717) is 37.6 Å². The number of carbonyl (C=O) groups is 1. The van der Waals surface area contributed by atoms with Crippen molar-refractivity contribution in [2.24, 2.45) is 0 Å². The van der Waals surface area contributed by atoms with E-state index in [1.807, 2.05) is 18.2 Å². The molecule has 1 saturated heterocycles. The lowest BCUT2D eigenvalue weighted by atomic mass is 9.99. The predicted molar refractivity (Wildman–Crippen MR) is 117 cm³/mol. The van der Waals surface area contributed by atoms with Gasteiger partial charge < -0.3 is 4.90 Å². The third-order valence-electron chi connectivity index (χ3n) is 5.77. The topological polar surface area (TPSA) is 60.9 Å². The molecule has 2 aromatic carbocycles. The number of sulfonamides is 1. The van der Waals surface area contributed by atoms with Crippen molar-refractivity contribution < 1.29 is 13.2 Å². The molecule has 2 heterocycles. The molecule has 0 N–H and O–H groups in total. The van der Waals surface area contributed by atoms with Crippen LogP contribution in [0.3, 0.4) is 0 Å². The molecule has 2 aliphatic heterocycles. The van der Waals surface area contributed by atoms with Crippen molar-refractivity contribution in [3.8, 4) is 0 Å². The van der Waals surface area contributed by atoms with Crippen molar-refractivity contribution >= 4 is 21.5 Å². The Bertz CT molecular complexity index is 999. The Morgan fingerprint density at radius 2 is 1.47 bits per heavy atom. The van der Waals surface area contributed by atoms with E-state index < -0.39 is 10.0 Å². The molecular weight excluding hydrogens is 398 g/mol. The van der Waals surface area contributed by atoms with E-state index >= 15 is 0 Å². The fourth-order valence-corrected chi connectivity index (χ4v) is 5.42. The van der Waals surface area contributed by atoms with Gasteiger partial charge in [0.05, 0.1) is 11.4 Å². The second kappa shape index (κ2) is 9.12. The van der Waals surface area contributed by atoms with Gasteiger partial charge in [0, 0.05) is 39.3 Å². The summed E-state index contributed by atoms with van der Waals surface area (Å²) in [4.78, 5) is 17.0. The van der Waals surface area contributed by atoms with Crippen molar-refractivity contribution in [3.63, 3.8) is 0 Å². The Morgan fingerprint density at radius 1 is 0.833 bits per heavy atom. The molecule has 7 heteroatoms. The lowest BCUT2D eigenvalue weighted by Gasteiger charge is -2.35. The number of hydrogen-bond acceptors (Lipinski definition) is 4. The van der Waals surface area contributed by atoms with E-state index in [1.54, 1.807) is 35.2 Å². The normalized spacial score (nSPS) is 18.8. The zero-order chi connectivity index (χ0) is 21.0. The molecule has 0 bridgehead atoms. The minimum absolute atomic E-state index is 0.0725. The van der Waals surface area contributed by atoms with Crippen LogP contribution >= 0.6 is 0 Å². The number of amides is 1. The van der Waals surface area contributed by atoms with E-state index in [2.05, 4.69) is 23.1 Å². The van der Waals surface area contributed by atoms with E-state index in [1.165, 1.54) is 15.4 Å². The summed E-state index contributed by atoms with van der Waals surface area (Å²) < 4.78 is 26.9. The lowest BCUT2D eigenvalue weighted by molar-refractivity contribution is -0.133. The highest BCUT2D eigenvalue weighted by Crippen LogP contribution is 2.22. The van der Waals surface area contributed by atoms with Gasteiger partial charge in [0.25, 0.3) is 0 Å². The van der Waals surface area contributed by atoms with Crippen LogP contribution in [0.25, 0.3) is 5.57 Å². The fraction of sp³-hybridized carbons (Fsp3) is 0.348. The summed E-state index contributed by atoms with van der Waals surface area (Å²) in [6.45, 7) is 3.53. The number of piperazine rings is 1. The van der Waals surface area contributed by atoms with Gasteiger partial charge in [0.15, 0.2) is 0 Å². The Morgan fingerprint density at radius 3 is 2.07 bits per heavy atom. The molecule has 0 spiro atoms. The van der Waals surface area contributed by atoms with Crippen molar-refractivity contribution in [3.05, 3.63) is 72.3 Å². The first kappa shape index (κ1) is 20.8. The molecule has 2 aromatic rings. The summed E-state index contributed by atoms with van der Waals surface area (Å²) in [7, 11) is -3.49. The Kier molecular flexibility index (Phi) is 6.32. The number of hydrogen-bond donors (Lipinski definition) is 0. The molecule has 0 aliphatic carbocycles. The van der Waals surface area contributed by atoms with Gasteiger partial charge in [-0.05, 0) is 29.7 Å². The first-order chi connectivity index (χ1) is 14.5. The number of rotatable bonds is 5. The average Bonchev–Trinajstić information content (AvgIpc) is 2.81. The molecule has 4 rings (SSSR count). The van der Waals surface area contributed by atoms with Gasteiger partial charge >= 0.3 is 0 Å². The SMILES string of the molecule is O=C(CN1CC=C(c2ccccc2)CC1)N1CCN(S(=O)(=O)c2ccccc2)CC1. The van der Waals surface area contributed by atoms with Crippen molar-refractivity contribution in [2.45, 2.75) is 11.3 Å². The van der Waals surface area contributed by atoms with Gasteiger partial charge in [0.1, 0.15) is 0 Å². The van der Waals surface area contributed by atoms with Crippen LogP contribution in [0.2, 0.25) is 0 Å². The zero-order valence-electron chi connectivity index (χ0n) is 17.0. The van der Waals surface area contributed by atoms with Crippen molar-refractivity contribution in [1.29, 1.82) is 0 Å². The summed E-state index contributed by atoms with van der Waals surface area (Å²) in [5.41, 5.74) is 2.58. The third kappa shape index (κ3) is 4.64. The summed E-state index contributed by atoms with van der Waals surface area (Å²) in [5, 5.41) is 0. The largest absolute Gasteiger partial charge is 0.339 e. The number of carbonyl (C=O) groups excluding carboxylic acids is 1. The molecule has 2 aliphatic rings. The first-order valence-electron chi connectivity index (χ1n) is 10.3. The fourth-order valence-electron chi connectivity index (χ4n) is 3.98. The monoisotopic (exact) mass is 425 g/mol. The number of nitrogens with zero attached hydrogens (tertiary/aromatic N) is 3. The van der Waals surface area contributed by atoms with Crippen molar-refractivity contribution in [2.75, 3.05) is 45.8 Å². The maximum atomic E-state index is 12.7. The van der Waals surface area contributed by atoms with Crippen LogP contribution in [0.15, 0.2) is 71.6 Å². The van der Waals surface area contributed by atoms with Crippen LogP contribution in [0.1, 0.15) is 12.0 Å². The van der Waals surface area contributed by atoms with E-state index in [4.69, 9.17) is 0 Å². The third-order valence-corrected chi connectivity index (χ3v) is 7.68. The molecule has 6 nitrogen and oxygen atoms in total. The average molecular weight is 426 g/mol. The highest BCUT2D eigenvalue weighted by atomic mass is 32.2. The minimum atomic E-state index is -3.49. The van der Waals surface area contributed by atoms with E-state index in [-0.39, 0.29) is 5.91 Å². The van der Waals surface area contributed by atoms with Crippen molar-refractivity contribution in [1.82, 2.24) is 14.1 Å². The van der Waals surface area contributed by atoms with Gasteiger partial charge in [-0.3, -0.25) is 9.69 Å². The summed E-state index contributed by atoms with van der Waals surface area (Å²) in [6, 6.07) is 18.8. The second-order valence-electron chi connectivity index (χ2n) is 7.68. The molecule has 0 radical (unpaired) electrons. The van der Waals surface area contributed by atoms with Crippen LogP contribution in [0.5, 0.6) is 0 Å². The second-order valence-corrected chi connectivity index (χ2v) is 9.62. The summed E-state index contributed by atoms with van der Waals surface area (Å²) in [6.07, 6.45) is 3.14. The highest BCUT2D eigenvalue weighted by molar-refractivity contribution is 7.89. The molecule has 0 unspecified atom stereocenters. The zero-order valence-corrected chi connectivity index (χ0v) is 17.8. The lowest BCUT2D eigenvalue weighted by Crippen LogP contribution is -2.52. The van der Waals surface area contributed by atoms with E-state index in [9.17, 15) is 13.2 Å². The molecule has 1 amide bonds. The molecule has 158 valence electrons. The molecule has 0 saturated carbocycles. The Balaban J connectivity index is 1.29. The van der Waals surface area contributed by atoms with Crippen LogP contribution in [-0.2, 0) is 14.8 Å². The van der Waals surface area contributed by atoms with Crippen LogP contribution in [-0.4, -0.2) is 74.2 Å². The highest BCUT2D eigenvalue weighted by Gasteiger charge is 2.30. The predicted octanol–water partition coefficient (Wildman–Crippen LogP) is 2.31. The molecular formula is C23H27N3O3S. The number of benzene rings is 2. The van der Waals surface area contributed by atoms with E-state index in [0.717, 1.165) is 19.5 Å². The maximum absolute atomic E-state index is 12.7. The van der Waals surface area contributed by atoms with Crippen LogP contribution in [0, 0.1) is 0 Å². The smallest absolute Gasteiger partial charge is 0.243 e. The summed E-state index contributed by atoms with van der Waals surface area (Å²) >= 11 is 0. The minimum Gasteiger partial charge on any atom is -0.339 e. The first-order valence-corrected chi connectivity index (χ1v) is 11.8. The summed E-state index contributed by atoms with van der Waals surface area (Å²) in [5.74, 6) is 0.0725. The quantitative estimate of drug-likeness (QED) is 0.738. The van der Waals surface area contributed by atoms with Gasteiger partial charge in [-0.15, -0.1) is 0 Å². The van der Waals surface area contributed by atoms with Crippen LogP contribution < -0.4 is 0 Å². The Labute approximate surface area is 178 Å². The Hall–Kier alpha value is -2.48. The molecule has 1 fully saturated rings. The van der Waals surface area contributed by atoms with Gasteiger partial charge in [-0.1, -0.05) is 54.6 Å². The maximum Gasteiger partial charge on any atom is 0.243 e. The standard InChI is InChI=1S/C23H27N3O3S/c27-23(19-24-13-11-21(12-14-24)20-7-3-1-4-8-20)25-15-17-26(18-16-25)30(28,29)22-9-5-2-6-10-22/h1-11H,12-19H2. The molecule has 0 atom stereocenters. The van der Waals surface area contributed by atoms with Gasteiger partial charge in [-0.25, -0.2) is 8.42 Å². The van der Waals surface area contributed by atoms with Gasteiger partial charge in [0.2, 0.25) is 15.9 Å². The van der Waals surface area contributed by atoms with Crippen LogP contribution in [0.4, 0.5) is 0 Å².